The SMILES string of the molecule is COc1cc(/C=C/C(=O)CC(=O)/C=C/c2ccc(OC(=O)CC(C)O)c(OC)c2)ccc1OC(=O)CC(C)O. The van der Waals surface area contributed by atoms with Crippen molar-refractivity contribution in [1.29, 1.82) is 0 Å². The molecule has 0 aromatic heterocycles. The Balaban J connectivity index is 1.98. The van der Waals surface area contributed by atoms with Crippen LogP contribution in [0.2, 0.25) is 0 Å². The van der Waals surface area contributed by atoms with Gasteiger partial charge in [-0.3, -0.25) is 19.2 Å². The number of aliphatic hydroxyl groups is 2. The lowest BCUT2D eigenvalue weighted by molar-refractivity contribution is -0.137. The molecule has 0 fully saturated rings. The summed E-state index contributed by atoms with van der Waals surface area (Å²) < 4.78 is 20.8. The minimum absolute atomic E-state index is 0.166. The van der Waals surface area contributed by atoms with Gasteiger partial charge >= 0.3 is 11.9 Å². The lowest BCUT2D eigenvalue weighted by Gasteiger charge is -2.10. The van der Waals surface area contributed by atoms with Crippen LogP contribution < -0.4 is 18.9 Å². The van der Waals surface area contributed by atoms with Gasteiger partial charge in [-0.2, -0.15) is 0 Å². The number of hydrogen-bond donors (Lipinski definition) is 2. The summed E-state index contributed by atoms with van der Waals surface area (Å²) in [6, 6.07) is 9.36. The summed E-state index contributed by atoms with van der Waals surface area (Å²) >= 11 is 0. The van der Waals surface area contributed by atoms with Crippen LogP contribution in [0.25, 0.3) is 12.2 Å². The normalized spacial score (nSPS) is 12.7. The molecule has 2 rings (SSSR count). The molecule has 39 heavy (non-hydrogen) atoms. The van der Waals surface area contributed by atoms with Crippen molar-refractivity contribution in [3.05, 3.63) is 59.7 Å². The predicted molar refractivity (Wildman–Crippen MR) is 143 cm³/mol. The largest absolute Gasteiger partial charge is 0.493 e. The van der Waals surface area contributed by atoms with Crippen LogP contribution >= 0.6 is 0 Å². The van der Waals surface area contributed by atoms with Gasteiger partial charge in [-0.25, -0.2) is 0 Å². The van der Waals surface area contributed by atoms with E-state index in [1.807, 2.05) is 0 Å². The second-order valence-corrected chi connectivity index (χ2v) is 8.65. The van der Waals surface area contributed by atoms with E-state index in [0.717, 1.165) is 0 Å². The first-order chi connectivity index (χ1) is 18.5. The lowest BCUT2D eigenvalue weighted by Crippen LogP contribution is -2.15. The van der Waals surface area contributed by atoms with Gasteiger partial charge in [0.05, 0.1) is 45.7 Å². The van der Waals surface area contributed by atoms with E-state index in [1.165, 1.54) is 64.5 Å². The first kappa shape index (κ1) is 30.9. The zero-order valence-electron chi connectivity index (χ0n) is 22.2. The van der Waals surface area contributed by atoms with E-state index in [-0.39, 0.29) is 42.3 Å². The summed E-state index contributed by atoms with van der Waals surface area (Å²) in [5.74, 6) is -1.19. The molecule has 0 saturated carbocycles. The monoisotopic (exact) mass is 540 g/mol. The number of rotatable bonds is 14. The van der Waals surface area contributed by atoms with Crippen molar-refractivity contribution in [3.8, 4) is 23.0 Å². The van der Waals surface area contributed by atoms with Crippen LogP contribution in [-0.2, 0) is 19.2 Å². The molecule has 2 atom stereocenters. The molecular formula is C29H32O10. The quantitative estimate of drug-likeness (QED) is 0.158. The molecule has 0 saturated heterocycles. The second kappa shape index (κ2) is 15.2. The van der Waals surface area contributed by atoms with Crippen LogP contribution in [0.3, 0.4) is 0 Å². The average Bonchev–Trinajstić information content (AvgIpc) is 2.86. The van der Waals surface area contributed by atoms with Crippen LogP contribution in [0.15, 0.2) is 48.6 Å². The molecule has 208 valence electrons. The standard InChI is InChI=1S/C29H32O10/c1-18(30)13-28(34)38-24-11-7-20(15-26(24)36-3)5-9-22(32)17-23(33)10-6-21-8-12-25(27(16-21)37-4)39-29(35)14-19(2)31/h5-12,15-16,18-19,30-31H,13-14,17H2,1-4H3/b9-5+,10-6+. The van der Waals surface area contributed by atoms with Gasteiger partial charge in [0.1, 0.15) is 0 Å². The lowest BCUT2D eigenvalue weighted by atomic mass is 10.1. The number of aliphatic hydroxyl groups excluding tert-OH is 2. The van der Waals surface area contributed by atoms with Gasteiger partial charge in [0, 0.05) is 0 Å². The molecule has 0 amide bonds. The fourth-order valence-electron chi connectivity index (χ4n) is 3.22. The van der Waals surface area contributed by atoms with Crippen LogP contribution in [0, 0.1) is 0 Å². The van der Waals surface area contributed by atoms with E-state index in [0.29, 0.717) is 11.1 Å². The van der Waals surface area contributed by atoms with Crippen molar-refractivity contribution in [1.82, 2.24) is 0 Å². The van der Waals surface area contributed by atoms with Crippen molar-refractivity contribution < 1.29 is 48.3 Å². The molecule has 2 aromatic rings. The Bertz CT molecular complexity index is 1150. The zero-order chi connectivity index (χ0) is 28.9. The highest BCUT2D eigenvalue weighted by atomic mass is 16.6. The topological polar surface area (TPSA) is 146 Å². The van der Waals surface area contributed by atoms with Gasteiger partial charge in [0.15, 0.2) is 34.6 Å². The van der Waals surface area contributed by atoms with Crippen molar-refractivity contribution >= 4 is 35.7 Å². The number of ether oxygens (including phenoxy) is 4. The number of hydrogen-bond acceptors (Lipinski definition) is 10. The third-order valence-electron chi connectivity index (χ3n) is 5.02. The van der Waals surface area contributed by atoms with Crippen LogP contribution in [0.1, 0.15) is 44.2 Å². The number of carbonyl (C=O) groups is 4. The number of benzene rings is 2. The highest BCUT2D eigenvalue weighted by molar-refractivity contribution is 6.10. The summed E-state index contributed by atoms with van der Waals surface area (Å²) in [5.41, 5.74) is 1.17. The van der Waals surface area contributed by atoms with Crippen LogP contribution in [-0.4, -0.2) is 60.1 Å². The van der Waals surface area contributed by atoms with Gasteiger partial charge in [-0.15, -0.1) is 0 Å². The van der Waals surface area contributed by atoms with E-state index >= 15 is 0 Å². The highest BCUT2D eigenvalue weighted by Gasteiger charge is 2.14. The molecule has 0 spiro atoms. The molecule has 0 aliphatic heterocycles. The Morgan fingerprint density at radius 3 is 1.41 bits per heavy atom. The fourth-order valence-corrected chi connectivity index (χ4v) is 3.22. The molecule has 0 heterocycles. The van der Waals surface area contributed by atoms with Crippen LogP contribution in [0.4, 0.5) is 0 Å². The first-order valence-corrected chi connectivity index (χ1v) is 12.1. The Labute approximate surface area is 226 Å². The summed E-state index contributed by atoms with van der Waals surface area (Å²) in [7, 11) is 2.80. The molecule has 2 unspecified atom stereocenters. The third kappa shape index (κ3) is 10.9. The maximum atomic E-state index is 12.3. The minimum Gasteiger partial charge on any atom is -0.493 e. The summed E-state index contributed by atoms with van der Waals surface area (Å²) in [6.45, 7) is 2.95. The van der Waals surface area contributed by atoms with E-state index < -0.39 is 35.7 Å². The Morgan fingerprint density at radius 1 is 0.692 bits per heavy atom. The van der Waals surface area contributed by atoms with Crippen molar-refractivity contribution in [3.63, 3.8) is 0 Å². The van der Waals surface area contributed by atoms with Crippen molar-refractivity contribution in [2.75, 3.05) is 14.2 Å². The van der Waals surface area contributed by atoms with Gasteiger partial charge in [-0.1, -0.05) is 24.3 Å². The highest BCUT2D eigenvalue weighted by Crippen LogP contribution is 2.30. The average molecular weight is 541 g/mol. The Hall–Kier alpha value is -4.28. The Morgan fingerprint density at radius 2 is 1.08 bits per heavy atom. The summed E-state index contributed by atoms with van der Waals surface area (Å²) in [4.78, 5) is 48.1. The molecule has 2 aromatic carbocycles. The predicted octanol–water partition coefficient (Wildman–Crippen LogP) is 3.31. The minimum atomic E-state index is -0.837. The van der Waals surface area contributed by atoms with Gasteiger partial charge in [0.25, 0.3) is 0 Å². The fraction of sp³-hybridized carbons (Fsp3) is 0.310. The molecule has 0 bridgehead atoms. The summed E-state index contributed by atoms with van der Waals surface area (Å²) in [5, 5.41) is 18.6. The zero-order valence-corrected chi connectivity index (χ0v) is 22.2. The number of esters is 2. The van der Waals surface area contributed by atoms with Crippen LogP contribution in [0.5, 0.6) is 23.0 Å². The first-order valence-electron chi connectivity index (χ1n) is 12.1. The smallest absolute Gasteiger partial charge is 0.313 e. The molecule has 10 nitrogen and oxygen atoms in total. The van der Waals surface area contributed by atoms with E-state index in [9.17, 15) is 29.4 Å². The number of methoxy groups -OCH3 is 2. The maximum Gasteiger partial charge on any atom is 0.313 e. The number of allylic oxidation sites excluding steroid dienone is 2. The Kier molecular flexibility index (Phi) is 12.1. The van der Waals surface area contributed by atoms with Gasteiger partial charge in [-0.05, 0) is 61.4 Å². The van der Waals surface area contributed by atoms with E-state index in [1.54, 1.807) is 24.3 Å². The van der Waals surface area contributed by atoms with E-state index in [2.05, 4.69) is 0 Å². The molecule has 10 heteroatoms. The maximum absolute atomic E-state index is 12.3. The number of carbonyl (C=O) groups excluding carboxylic acids is 4. The van der Waals surface area contributed by atoms with E-state index in [4.69, 9.17) is 18.9 Å². The summed E-state index contributed by atoms with van der Waals surface area (Å²) in [6.07, 6.45) is 3.18. The molecule has 2 N–H and O–H groups in total. The molecule has 0 aliphatic rings. The molecular weight excluding hydrogens is 508 g/mol. The van der Waals surface area contributed by atoms with Crippen molar-refractivity contribution in [2.45, 2.75) is 45.3 Å². The van der Waals surface area contributed by atoms with Gasteiger partial charge in [0.2, 0.25) is 0 Å². The molecule has 0 radical (unpaired) electrons. The third-order valence-corrected chi connectivity index (χ3v) is 5.02. The second-order valence-electron chi connectivity index (χ2n) is 8.65. The van der Waals surface area contributed by atoms with Gasteiger partial charge < -0.3 is 29.2 Å². The number of ketones is 2. The van der Waals surface area contributed by atoms with Crippen molar-refractivity contribution in [2.24, 2.45) is 0 Å². The molecule has 0 aliphatic carbocycles.